The van der Waals surface area contributed by atoms with Crippen LogP contribution >= 0.6 is 0 Å². The van der Waals surface area contributed by atoms with E-state index in [0.717, 1.165) is 39.3 Å². The highest BCUT2D eigenvalue weighted by Crippen LogP contribution is 2.33. The highest BCUT2D eigenvalue weighted by molar-refractivity contribution is 5.73. The van der Waals surface area contributed by atoms with Gasteiger partial charge in [-0.3, -0.25) is 14.6 Å². The lowest BCUT2D eigenvalue weighted by molar-refractivity contribution is -0.131. The van der Waals surface area contributed by atoms with Crippen LogP contribution in [0.4, 0.5) is 0 Å². The molecule has 0 aliphatic carbocycles. The summed E-state index contributed by atoms with van der Waals surface area (Å²) >= 11 is 0. The first kappa shape index (κ1) is 20.6. The van der Waals surface area contributed by atoms with Crippen LogP contribution in [0.15, 0.2) is 60.7 Å². The third-order valence-corrected chi connectivity index (χ3v) is 5.76. The van der Waals surface area contributed by atoms with Crippen LogP contribution in [0.5, 0.6) is 0 Å². The lowest BCUT2D eigenvalue weighted by Gasteiger charge is -2.51. The zero-order chi connectivity index (χ0) is 19.9. The number of hydrogen-bond donors (Lipinski definition) is 0. The Morgan fingerprint density at radius 2 is 1.29 bits per heavy atom. The van der Waals surface area contributed by atoms with E-state index in [1.165, 1.54) is 11.1 Å². The summed E-state index contributed by atoms with van der Waals surface area (Å²) in [5, 5.41) is 0. The summed E-state index contributed by atoms with van der Waals surface area (Å²) in [4.78, 5) is 18.6. The van der Waals surface area contributed by atoms with Gasteiger partial charge in [0.15, 0.2) is 0 Å². The fourth-order valence-corrected chi connectivity index (χ4v) is 4.22. The molecule has 2 fully saturated rings. The minimum Gasteiger partial charge on any atom is -0.340 e. The number of benzene rings is 2. The lowest BCUT2D eigenvalue weighted by Crippen LogP contribution is -2.63. The van der Waals surface area contributed by atoms with Crippen molar-refractivity contribution in [3.8, 4) is 0 Å². The van der Waals surface area contributed by atoms with Gasteiger partial charge in [0.2, 0.25) is 5.91 Å². The number of amides is 1. The van der Waals surface area contributed by atoms with Crippen molar-refractivity contribution in [3.63, 3.8) is 0 Å². The maximum absolute atomic E-state index is 11.5. The van der Waals surface area contributed by atoms with Gasteiger partial charge in [-0.1, -0.05) is 74.5 Å². The van der Waals surface area contributed by atoms with Gasteiger partial charge in [-0.25, -0.2) is 0 Å². The monoisotopic (exact) mass is 379 g/mol. The Morgan fingerprint density at radius 3 is 1.71 bits per heavy atom. The summed E-state index contributed by atoms with van der Waals surface area (Å²) in [6, 6.07) is 22.5. The molecule has 4 rings (SSSR count). The topological polar surface area (TPSA) is 26.8 Å². The molecular formula is C24H33N3O. The van der Waals surface area contributed by atoms with E-state index >= 15 is 0 Å². The second kappa shape index (κ2) is 9.85. The van der Waals surface area contributed by atoms with Crippen molar-refractivity contribution in [1.29, 1.82) is 0 Å². The molecule has 150 valence electrons. The van der Waals surface area contributed by atoms with Gasteiger partial charge in [-0.15, -0.1) is 0 Å². The maximum Gasteiger partial charge on any atom is 0.219 e. The lowest BCUT2D eigenvalue weighted by atomic mass is 9.92. The molecule has 4 heteroatoms. The second-order valence-corrected chi connectivity index (χ2v) is 7.37. The maximum atomic E-state index is 11.5. The number of likely N-dealkylation sites (tertiary alicyclic amines) is 1. The molecule has 2 aliphatic rings. The number of rotatable bonds is 4. The van der Waals surface area contributed by atoms with E-state index in [-0.39, 0.29) is 5.91 Å². The number of carbonyl (C=O) groups is 1. The zero-order valence-corrected chi connectivity index (χ0v) is 17.4. The molecule has 2 aromatic carbocycles. The van der Waals surface area contributed by atoms with Crippen LogP contribution < -0.4 is 0 Å². The van der Waals surface area contributed by atoms with Crippen LogP contribution in [0.2, 0.25) is 0 Å². The van der Waals surface area contributed by atoms with Gasteiger partial charge in [-0.05, 0) is 11.1 Å². The van der Waals surface area contributed by atoms with Crippen LogP contribution in [-0.2, 0) is 4.79 Å². The molecule has 0 atom stereocenters. The second-order valence-electron chi connectivity index (χ2n) is 7.37. The van der Waals surface area contributed by atoms with E-state index in [9.17, 15) is 4.79 Å². The summed E-state index contributed by atoms with van der Waals surface area (Å²) in [6.07, 6.45) is 0. The van der Waals surface area contributed by atoms with Gasteiger partial charge >= 0.3 is 0 Å². The third kappa shape index (κ3) is 4.62. The largest absolute Gasteiger partial charge is 0.340 e. The number of carbonyl (C=O) groups excluding carboxylic acids is 1. The highest BCUT2D eigenvalue weighted by Gasteiger charge is 2.38. The fourth-order valence-electron chi connectivity index (χ4n) is 4.22. The molecule has 0 saturated carbocycles. The van der Waals surface area contributed by atoms with Crippen LogP contribution in [0.1, 0.15) is 37.9 Å². The molecule has 4 nitrogen and oxygen atoms in total. The first-order valence-electron chi connectivity index (χ1n) is 10.6. The molecule has 0 aromatic heterocycles. The number of hydrogen-bond acceptors (Lipinski definition) is 3. The quantitative estimate of drug-likeness (QED) is 0.811. The van der Waals surface area contributed by atoms with Crippen LogP contribution in [-0.4, -0.2) is 65.9 Å². The van der Waals surface area contributed by atoms with Crippen LogP contribution in [0.3, 0.4) is 0 Å². The van der Waals surface area contributed by atoms with E-state index in [0.29, 0.717) is 12.1 Å². The van der Waals surface area contributed by atoms with Gasteiger partial charge < -0.3 is 4.90 Å². The third-order valence-electron chi connectivity index (χ3n) is 5.76. The summed E-state index contributed by atoms with van der Waals surface area (Å²) < 4.78 is 0. The Morgan fingerprint density at radius 1 is 0.821 bits per heavy atom. The highest BCUT2D eigenvalue weighted by atomic mass is 16.2. The van der Waals surface area contributed by atoms with Crippen molar-refractivity contribution in [2.24, 2.45) is 0 Å². The summed E-state index contributed by atoms with van der Waals surface area (Å²) in [5.41, 5.74) is 2.72. The standard InChI is InChI=1S/C22H27N3O.C2H6/c1-18(26)23-12-14-24(15-13-23)21-16-25(17-21)22(19-8-4-2-5-9-19)20-10-6-3-7-11-20;1-2/h2-11,21-22H,12-17H2,1H3;1-2H3. The molecule has 0 unspecified atom stereocenters. The Kier molecular flexibility index (Phi) is 7.24. The molecule has 28 heavy (non-hydrogen) atoms. The van der Waals surface area contributed by atoms with E-state index < -0.39 is 0 Å². The molecule has 2 saturated heterocycles. The van der Waals surface area contributed by atoms with Crippen LogP contribution in [0, 0.1) is 0 Å². The molecule has 0 N–H and O–H groups in total. The predicted molar refractivity (Wildman–Crippen MR) is 115 cm³/mol. The Bertz CT molecular complexity index is 681. The molecule has 2 aromatic rings. The average Bonchev–Trinajstić information content (AvgIpc) is 2.73. The summed E-state index contributed by atoms with van der Waals surface area (Å²) in [5.74, 6) is 0.202. The molecule has 0 radical (unpaired) electrons. The SMILES string of the molecule is CC.CC(=O)N1CCN(C2CN(C(c3ccccc3)c3ccccc3)C2)CC1. The van der Waals surface area contributed by atoms with Crippen molar-refractivity contribution in [3.05, 3.63) is 71.8 Å². The van der Waals surface area contributed by atoms with Crippen molar-refractivity contribution in [1.82, 2.24) is 14.7 Å². The molecule has 2 aliphatic heterocycles. The molecule has 0 bridgehead atoms. The van der Waals surface area contributed by atoms with E-state index in [2.05, 4.69) is 70.5 Å². The van der Waals surface area contributed by atoms with Gasteiger partial charge in [0.25, 0.3) is 0 Å². The van der Waals surface area contributed by atoms with E-state index in [1.807, 2.05) is 18.7 Å². The minimum atomic E-state index is 0.202. The van der Waals surface area contributed by atoms with Crippen LogP contribution in [0.25, 0.3) is 0 Å². The first-order valence-corrected chi connectivity index (χ1v) is 10.6. The Hall–Kier alpha value is -2.17. The molecule has 2 heterocycles. The van der Waals surface area contributed by atoms with Gasteiger partial charge in [0.05, 0.1) is 6.04 Å². The fraction of sp³-hybridized carbons (Fsp3) is 0.458. The van der Waals surface area contributed by atoms with Crippen molar-refractivity contribution in [2.45, 2.75) is 32.9 Å². The summed E-state index contributed by atoms with van der Waals surface area (Å²) in [6.45, 7) is 11.6. The number of piperazine rings is 1. The Balaban J connectivity index is 0.00000109. The molecular weight excluding hydrogens is 346 g/mol. The number of nitrogens with zero attached hydrogens (tertiary/aromatic N) is 3. The van der Waals surface area contributed by atoms with Gasteiger partial charge in [0, 0.05) is 52.2 Å². The normalized spacial score (nSPS) is 18.4. The molecule has 1 amide bonds. The van der Waals surface area contributed by atoms with Crippen molar-refractivity contribution in [2.75, 3.05) is 39.3 Å². The average molecular weight is 380 g/mol. The smallest absolute Gasteiger partial charge is 0.219 e. The first-order chi connectivity index (χ1) is 13.7. The van der Waals surface area contributed by atoms with E-state index in [4.69, 9.17) is 0 Å². The van der Waals surface area contributed by atoms with Gasteiger partial charge in [0.1, 0.15) is 0 Å². The minimum absolute atomic E-state index is 0.202. The molecule has 0 spiro atoms. The van der Waals surface area contributed by atoms with E-state index in [1.54, 1.807) is 6.92 Å². The zero-order valence-electron chi connectivity index (χ0n) is 17.4. The van der Waals surface area contributed by atoms with Gasteiger partial charge in [-0.2, -0.15) is 0 Å². The summed E-state index contributed by atoms with van der Waals surface area (Å²) in [7, 11) is 0. The Labute approximate surface area is 169 Å². The van der Waals surface area contributed by atoms with Crippen molar-refractivity contribution < 1.29 is 4.79 Å². The predicted octanol–water partition coefficient (Wildman–Crippen LogP) is 3.65. The van der Waals surface area contributed by atoms with Crippen molar-refractivity contribution >= 4 is 5.91 Å².